The molecule has 1 amide bonds. The Morgan fingerprint density at radius 1 is 1.40 bits per heavy atom. The van der Waals surface area contributed by atoms with Crippen LogP contribution < -0.4 is 11.1 Å². The lowest BCUT2D eigenvalue weighted by Gasteiger charge is -2.04. The maximum Gasteiger partial charge on any atom is 0.361 e. The molecule has 0 saturated carbocycles. The first kappa shape index (κ1) is 13.5. The van der Waals surface area contributed by atoms with Crippen LogP contribution in [0.5, 0.6) is 0 Å². The lowest BCUT2D eigenvalue weighted by Crippen LogP contribution is -2.22. The van der Waals surface area contributed by atoms with Gasteiger partial charge in [-0.05, 0) is 6.92 Å². The number of ether oxygens (including phenoxy) is 1. The quantitative estimate of drug-likeness (QED) is 0.754. The van der Waals surface area contributed by atoms with E-state index in [9.17, 15) is 9.59 Å². The summed E-state index contributed by atoms with van der Waals surface area (Å²) in [5.74, 6) is -0.673. The molecule has 0 atom stereocenters. The summed E-state index contributed by atoms with van der Waals surface area (Å²) in [6.07, 6.45) is 2.64. The molecule has 2 aromatic rings. The zero-order valence-corrected chi connectivity index (χ0v) is 10.5. The summed E-state index contributed by atoms with van der Waals surface area (Å²) in [6.45, 7) is 1.18. The third-order valence-corrected chi connectivity index (χ3v) is 2.15. The van der Waals surface area contributed by atoms with E-state index in [2.05, 4.69) is 20.4 Å². The fourth-order valence-electron chi connectivity index (χ4n) is 1.31. The number of amides is 1. The summed E-state index contributed by atoms with van der Waals surface area (Å²) in [5, 5.41) is 5.96. The van der Waals surface area contributed by atoms with Crippen LogP contribution >= 0.6 is 0 Å². The van der Waals surface area contributed by atoms with E-state index in [1.54, 1.807) is 6.92 Å². The molecule has 0 aromatic carbocycles. The Hall–Kier alpha value is -2.97. The second-order valence-corrected chi connectivity index (χ2v) is 3.74. The number of hydrogen-bond acceptors (Lipinski definition) is 8. The number of carbonyl (C=O) groups is 2. The molecule has 0 aliphatic carbocycles. The molecular weight excluding hydrogens is 266 g/mol. The van der Waals surface area contributed by atoms with Crippen molar-refractivity contribution in [1.82, 2.24) is 15.1 Å². The predicted octanol–water partition coefficient (Wildman–Crippen LogP) is 0.151. The number of nitrogens with two attached hydrogens (primary N) is 1. The van der Waals surface area contributed by atoms with Crippen LogP contribution in [0.2, 0.25) is 0 Å². The van der Waals surface area contributed by atoms with Crippen LogP contribution in [0.25, 0.3) is 0 Å². The monoisotopic (exact) mass is 277 g/mol. The molecule has 9 nitrogen and oxygen atoms in total. The van der Waals surface area contributed by atoms with Crippen LogP contribution in [0.3, 0.4) is 0 Å². The lowest BCUT2D eigenvalue weighted by molar-refractivity contribution is -0.119. The first-order valence-electron chi connectivity index (χ1n) is 5.53. The van der Waals surface area contributed by atoms with Gasteiger partial charge >= 0.3 is 5.97 Å². The molecule has 0 unspecified atom stereocenters. The van der Waals surface area contributed by atoms with Crippen molar-refractivity contribution in [1.29, 1.82) is 0 Å². The minimum Gasteiger partial charge on any atom is -0.451 e. The highest BCUT2D eigenvalue weighted by Crippen LogP contribution is 2.07. The SMILES string of the molecule is Cc1cc(NC(=O)COC(=O)c2nccnc2N)no1. The Kier molecular flexibility index (Phi) is 3.89. The van der Waals surface area contributed by atoms with Crippen molar-refractivity contribution in [3.8, 4) is 0 Å². The van der Waals surface area contributed by atoms with Crippen molar-refractivity contribution < 1.29 is 18.8 Å². The van der Waals surface area contributed by atoms with Gasteiger partial charge in [0, 0.05) is 18.5 Å². The molecule has 2 rings (SSSR count). The number of esters is 1. The van der Waals surface area contributed by atoms with Crippen LogP contribution in [0, 0.1) is 6.92 Å². The van der Waals surface area contributed by atoms with Gasteiger partial charge in [-0.15, -0.1) is 0 Å². The number of nitrogens with zero attached hydrogens (tertiary/aromatic N) is 3. The van der Waals surface area contributed by atoms with E-state index >= 15 is 0 Å². The van der Waals surface area contributed by atoms with E-state index in [-0.39, 0.29) is 17.3 Å². The summed E-state index contributed by atoms with van der Waals surface area (Å²) >= 11 is 0. The first-order valence-corrected chi connectivity index (χ1v) is 5.53. The maximum atomic E-state index is 11.6. The first-order chi connectivity index (χ1) is 9.56. The Morgan fingerprint density at radius 2 is 2.15 bits per heavy atom. The molecule has 0 radical (unpaired) electrons. The number of hydrogen-bond donors (Lipinski definition) is 2. The molecule has 3 N–H and O–H groups in total. The minimum atomic E-state index is -0.831. The maximum absolute atomic E-state index is 11.6. The Morgan fingerprint density at radius 3 is 2.80 bits per heavy atom. The number of nitrogen functional groups attached to an aromatic ring is 1. The molecule has 20 heavy (non-hydrogen) atoms. The van der Waals surface area contributed by atoms with Gasteiger partial charge in [0.15, 0.2) is 23.9 Å². The van der Waals surface area contributed by atoms with E-state index < -0.39 is 18.5 Å². The van der Waals surface area contributed by atoms with E-state index in [1.807, 2.05) is 0 Å². The van der Waals surface area contributed by atoms with E-state index in [0.717, 1.165) is 0 Å². The third-order valence-electron chi connectivity index (χ3n) is 2.15. The van der Waals surface area contributed by atoms with Crippen LogP contribution in [-0.2, 0) is 9.53 Å². The van der Waals surface area contributed by atoms with Gasteiger partial charge in [-0.2, -0.15) is 0 Å². The Bertz CT molecular complexity index is 639. The fourth-order valence-corrected chi connectivity index (χ4v) is 1.31. The number of carbonyl (C=O) groups excluding carboxylic acids is 2. The van der Waals surface area contributed by atoms with Gasteiger partial charge in [0.1, 0.15) is 5.76 Å². The fraction of sp³-hybridized carbons (Fsp3) is 0.182. The van der Waals surface area contributed by atoms with Crippen molar-refractivity contribution in [2.75, 3.05) is 17.7 Å². The zero-order chi connectivity index (χ0) is 14.5. The molecule has 0 aliphatic rings. The van der Waals surface area contributed by atoms with E-state index in [4.69, 9.17) is 15.0 Å². The standard InChI is InChI=1S/C11H11N5O4/c1-6-4-7(16-20-6)15-8(17)5-19-11(18)9-10(12)14-3-2-13-9/h2-4H,5H2,1H3,(H2,12,14)(H,15,16,17). The normalized spacial score (nSPS) is 10.1. The van der Waals surface area contributed by atoms with Crippen molar-refractivity contribution >= 4 is 23.5 Å². The smallest absolute Gasteiger partial charge is 0.361 e. The number of nitrogens with one attached hydrogen (secondary N) is 1. The highest BCUT2D eigenvalue weighted by molar-refractivity contribution is 5.95. The van der Waals surface area contributed by atoms with Crippen molar-refractivity contribution in [3.63, 3.8) is 0 Å². The summed E-state index contributed by atoms with van der Waals surface area (Å²) < 4.78 is 9.53. The van der Waals surface area contributed by atoms with Crippen LogP contribution in [0.4, 0.5) is 11.6 Å². The molecule has 0 bridgehead atoms. The van der Waals surface area contributed by atoms with Gasteiger partial charge in [-0.3, -0.25) is 4.79 Å². The molecule has 0 spiro atoms. The summed E-state index contributed by atoms with van der Waals surface area (Å²) in [5.41, 5.74) is 5.32. The third kappa shape index (κ3) is 3.28. The number of aromatic nitrogens is 3. The number of aryl methyl sites for hydroxylation is 1. The summed E-state index contributed by atoms with van der Waals surface area (Å²) in [6, 6.07) is 1.53. The van der Waals surface area contributed by atoms with Crippen LogP contribution in [0.15, 0.2) is 23.0 Å². The van der Waals surface area contributed by atoms with Crippen LogP contribution in [-0.4, -0.2) is 33.6 Å². The Labute approximate surface area is 113 Å². The highest BCUT2D eigenvalue weighted by Gasteiger charge is 2.15. The summed E-state index contributed by atoms with van der Waals surface area (Å²) in [7, 11) is 0. The van der Waals surface area contributed by atoms with E-state index in [1.165, 1.54) is 18.5 Å². The van der Waals surface area contributed by atoms with Gasteiger partial charge in [0.25, 0.3) is 5.91 Å². The molecule has 0 saturated heterocycles. The van der Waals surface area contributed by atoms with Gasteiger partial charge in [-0.1, -0.05) is 5.16 Å². The second-order valence-electron chi connectivity index (χ2n) is 3.74. The number of anilines is 2. The molecule has 2 aromatic heterocycles. The van der Waals surface area contributed by atoms with Crippen molar-refractivity contribution in [2.45, 2.75) is 6.92 Å². The van der Waals surface area contributed by atoms with Gasteiger partial charge < -0.3 is 20.3 Å². The zero-order valence-electron chi connectivity index (χ0n) is 10.5. The minimum absolute atomic E-state index is 0.0648. The van der Waals surface area contributed by atoms with Crippen molar-refractivity contribution in [2.24, 2.45) is 0 Å². The average Bonchev–Trinajstić information content (AvgIpc) is 2.82. The topological polar surface area (TPSA) is 133 Å². The lowest BCUT2D eigenvalue weighted by atomic mass is 10.4. The van der Waals surface area contributed by atoms with Gasteiger partial charge in [-0.25, -0.2) is 14.8 Å². The Balaban J connectivity index is 1.87. The van der Waals surface area contributed by atoms with Crippen molar-refractivity contribution in [3.05, 3.63) is 29.9 Å². The largest absolute Gasteiger partial charge is 0.451 e. The molecule has 0 aliphatic heterocycles. The average molecular weight is 277 g/mol. The molecule has 9 heteroatoms. The van der Waals surface area contributed by atoms with Gasteiger partial charge in [0.05, 0.1) is 0 Å². The summed E-state index contributed by atoms with van der Waals surface area (Å²) in [4.78, 5) is 30.5. The second kappa shape index (κ2) is 5.78. The molecule has 104 valence electrons. The number of rotatable bonds is 4. The highest BCUT2D eigenvalue weighted by atomic mass is 16.5. The van der Waals surface area contributed by atoms with Gasteiger partial charge in [0.2, 0.25) is 0 Å². The van der Waals surface area contributed by atoms with Crippen LogP contribution in [0.1, 0.15) is 16.2 Å². The molecule has 0 fully saturated rings. The van der Waals surface area contributed by atoms with E-state index in [0.29, 0.717) is 5.76 Å². The molecule has 2 heterocycles. The predicted molar refractivity (Wildman–Crippen MR) is 66.6 cm³/mol. The molecular formula is C11H11N5O4.